The molecule has 0 saturated carbocycles. The summed E-state index contributed by atoms with van der Waals surface area (Å²) in [7, 11) is 3.01. The van der Waals surface area contributed by atoms with Gasteiger partial charge in [-0.3, -0.25) is 14.9 Å². The lowest BCUT2D eigenvalue weighted by Crippen LogP contribution is -2.54. The molecule has 0 radical (unpaired) electrons. The third kappa shape index (κ3) is 3.57. The molecule has 4 amide bonds. The zero-order chi connectivity index (χ0) is 20.4. The fourth-order valence-electron chi connectivity index (χ4n) is 2.79. The number of aryl methyl sites for hydroxylation is 1. The van der Waals surface area contributed by atoms with Gasteiger partial charge >= 0.3 is 6.03 Å². The third-order valence-electron chi connectivity index (χ3n) is 4.26. The predicted molar refractivity (Wildman–Crippen MR) is 105 cm³/mol. The van der Waals surface area contributed by atoms with E-state index in [9.17, 15) is 14.4 Å². The number of amides is 4. The first-order valence-electron chi connectivity index (χ1n) is 8.25. The normalized spacial score (nSPS) is 15.6. The van der Waals surface area contributed by atoms with E-state index in [1.54, 1.807) is 24.3 Å². The third-order valence-corrected chi connectivity index (χ3v) is 4.51. The number of rotatable bonds is 4. The molecule has 0 spiro atoms. The lowest BCUT2D eigenvalue weighted by molar-refractivity contribution is -0.122. The number of hydrogen-bond donors (Lipinski definition) is 1. The Bertz CT molecular complexity index is 998. The van der Waals surface area contributed by atoms with Crippen LogP contribution in [-0.2, 0) is 9.59 Å². The minimum absolute atomic E-state index is 0.176. The highest BCUT2D eigenvalue weighted by atomic mass is 35.5. The molecule has 0 aliphatic carbocycles. The van der Waals surface area contributed by atoms with Gasteiger partial charge in [0, 0.05) is 5.02 Å². The van der Waals surface area contributed by atoms with Crippen LogP contribution in [0.15, 0.2) is 42.0 Å². The second-order valence-electron chi connectivity index (χ2n) is 6.00. The molecule has 1 aliphatic heterocycles. The fraction of sp³-hybridized carbons (Fsp3) is 0.150. The van der Waals surface area contributed by atoms with E-state index in [1.807, 2.05) is 6.92 Å². The van der Waals surface area contributed by atoms with Gasteiger partial charge in [-0.15, -0.1) is 0 Å². The highest BCUT2D eigenvalue weighted by Gasteiger charge is 2.36. The number of imide groups is 2. The van der Waals surface area contributed by atoms with Crippen LogP contribution in [0.3, 0.4) is 0 Å². The summed E-state index contributed by atoms with van der Waals surface area (Å²) in [6.45, 7) is 1.81. The number of barbiturate groups is 1. The van der Waals surface area contributed by atoms with Crippen molar-refractivity contribution in [2.24, 2.45) is 0 Å². The number of ether oxygens (including phenoxy) is 2. The second kappa shape index (κ2) is 7.74. The number of anilines is 1. The lowest BCUT2D eigenvalue weighted by atomic mass is 10.0. The van der Waals surface area contributed by atoms with Gasteiger partial charge in [0.1, 0.15) is 5.57 Å². The van der Waals surface area contributed by atoms with Gasteiger partial charge in [0.2, 0.25) is 0 Å². The van der Waals surface area contributed by atoms with Crippen molar-refractivity contribution in [1.29, 1.82) is 0 Å². The fourth-order valence-corrected chi connectivity index (χ4v) is 2.92. The Hall–Kier alpha value is -3.32. The van der Waals surface area contributed by atoms with Crippen molar-refractivity contribution in [1.82, 2.24) is 5.32 Å². The van der Waals surface area contributed by atoms with Gasteiger partial charge in [-0.1, -0.05) is 11.6 Å². The highest BCUT2D eigenvalue weighted by Crippen LogP contribution is 2.32. The van der Waals surface area contributed by atoms with Gasteiger partial charge < -0.3 is 9.47 Å². The van der Waals surface area contributed by atoms with E-state index in [2.05, 4.69) is 5.32 Å². The van der Waals surface area contributed by atoms with Crippen molar-refractivity contribution < 1.29 is 23.9 Å². The molecule has 1 fully saturated rings. The van der Waals surface area contributed by atoms with Crippen molar-refractivity contribution in [3.63, 3.8) is 0 Å². The Morgan fingerprint density at radius 1 is 1.00 bits per heavy atom. The second-order valence-corrected chi connectivity index (χ2v) is 6.43. The molecule has 0 aromatic heterocycles. The summed E-state index contributed by atoms with van der Waals surface area (Å²) in [5.74, 6) is -0.520. The molecular weight excluding hydrogens is 384 g/mol. The molecule has 7 nitrogen and oxygen atoms in total. The first kappa shape index (κ1) is 19.4. The zero-order valence-electron chi connectivity index (χ0n) is 15.4. The Morgan fingerprint density at radius 3 is 2.21 bits per heavy atom. The number of carbonyl (C=O) groups excluding carboxylic acids is 3. The van der Waals surface area contributed by atoms with Gasteiger partial charge in [0.05, 0.1) is 19.9 Å². The standard InChI is InChI=1S/C20H17ClN2O5/c1-11-8-16(27-2)17(28-3)10-12(11)9-15-18(24)22-20(26)23(19(15)25)14-6-4-13(21)5-7-14/h4-10H,1-3H3,(H,22,24,26)/b15-9+. The summed E-state index contributed by atoms with van der Waals surface area (Å²) in [4.78, 5) is 38.3. The van der Waals surface area contributed by atoms with Crippen molar-refractivity contribution in [3.05, 3.63) is 58.1 Å². The first-order valence-corrected chi connectivity index (χ1v) is 8.63. The zero-order valence-corrected chi connectivity index (χ0v) is 16.2. The van der Waals surface area contributed by atoms with E-state index >= 15 is 0 Å². The van der Waals surface area contributed by atoms with E-state index in [0.29, 0.717) is 27.8 Å². The van der Waals surface area contributed by atoms with Crippen LogP contribution in [0.4, 0.5) is 10.5 Å². The lowest BCUT2D eigenvalue weighted by Gasteiger charge is -2.26. The average molecular weight is 401 g/mol. The van der Waals surface area contributed by atoms with Gasteiger partial charge in [0.25, 0.3) is 11.8 Å². The van der Waals surface area contributed by atoms with Crippen molar-refractivity contribution in [3.8, 4) is 11.5 Å². The molecule has 0 atom stereocenters. The smallest absolute Gasteiger partial charge is 0.335 e. The summed E-state index contributed by atoms with van der Waals surface area (Å²) in [6, 6.07) is 8.72. The Kier molecular flexibility index (Phi) is 5.37. The summed E-state index contributed by atoms with van der Waals surface area (Å²) in [6.07, 6.45) is 1.42. The van der Waals surface area contributed by atoms with Gasteiger partial charge in [-0.2, -0.15) is 0 Å². The van der Waals surface area contributed by atoms with Crippen LogP contribution in [0.2, 0.25) is 5.02 Å². The molecule has 1 heterocycles. The highest BCUT2D eigenvalue weighted by molar-refractivity contribution is 6.39. The van der Waals surface area contributed by atoms with E-state index in [4.69, 9.17) is 21.1 Å². The van der Waals surface area contributed by atoms with E-state index < -0.39 is 17.8 Å². The Morgan fingerprint density at radius 2 is 1.61 bits per heavy atom. The molecule has 1 saturated heterocycles. The minimum atomic E-state index is -0.821. The maximum absolute atomic E-state index is 12.9. The number of nitrogens with zero attached hydrogens (tertiary/aromatic N) is 1. The van der Waals surface area contributed by atoms with Crippen LogP contribution in [0.1, 0.15) is 11.1 Å². The number of methoxy groups -OCH3 is 2. The molecule has 144 valence electrons. The predicted octanol–water partition coefficient (Wildman–Crippen LogP) is 3.33. The van der Waals surface area contributed by atoms with Gasteiger partial charge in [-0.25, -0.2) is 9.69 Å². The first-order chi connectivity index (χ1) is 13.3. The summed E-state index contributed by atoms with van der Waals surface area (Å²) < 4.78 is 10.5. The number of benzene rings is 2. The topological polar surface area (TPSA) is 84.9 Å². The number of urea groups is 1. The van der Waals surface area contributed by atoms with Crippen LogP contribution >= 0.6 is 11.6 Å². The minimum Gasteiger partial charge on any atom is -0.493 e. The molecule has 0 unspecified atom stereocenters. The maximum Gasteiger partial charge on any atom is 0.335 e. The van der Waals surface area contributed by atoms with Crippen molar-refractivity contribution in [2.45, 2.75) is 6.92 Å². The van der Waals surface area contributed by atoms with Crippen molar-refractivity contribution >= 4 is 41.2 Å². The number of nitrogens with one attached hydrogen (secondary N) is 1. The summed E-state index contributed by atoms with van der Waals surface area (Å²) in [5.41, 5.74) is 1.47. The van der Waals surface area contributed by atoms with Crippen LogP contribution in [0.25, 0.3) is 6.08 Å². The van der Waals surface area contributed by atoms with E-state index in [1.165, 1.54) is 32.4 Å². The largest absolute Gasteiger partial charge is 0.493 e. The molecule has 0 bridgehead atoms. The maximum atomic E-state index is 12.9. The Balaban J connectivity index is 2.05. The number of halogens is 1. The molecule has 2 aromatic carbocycles. The van der Waals surface area contributed by atoms with E-state index in [0.717, 1.165) is 10.5 Å². The van der Waals surface area contributed by atoms with Gasteiger partial charge in [-0.05, 0) is 60.5 Å². The molecule has 1 N–H and O–H groups in total. The SMILES string of the molecule is COc1cc(C)c(/C=C2\C(=O)NC(=O)N(c3ccc(Cl)cc3)C2=O)cc1OC. The van der Waals surface area contributed by atoms with Crippen LogP contribution < -0.4 is 19.7 Å². The number of hydrogen-bond acceptors (Lipinski definition) is 5. The Labute approximate surface area is 166 Å². The van der Waals surface area contributed by atoms with Crippen LogP contribution in [0, 0.1) is 6.92 Å². The molecule has 28 heavy (non-hydrogen) atoms. The molecule has 8 heteroatoms. The molecule has 1 aliphatic rings. The van der Waals surface area contributed by atoms with Crippen LogP contribution in [0.5, 0.6) is 11.5 Å². The monoisotopic (exact) mass is 400 g/mol. The summed E-state index contributed by atoms with van der Waals surface area (Å²) >= 11 is 5.86. The van der Waals surface area contributed by atoms with E-state index in [-0.39, 0.29) is 5.57 Å². The quantitative estimate of drug-likeness (QED) is 0.628. The number of carbonyl (C=O) groups is 3. The van der Waals surface area contributed by atoms with Crippen LogP contribution in [-0.4, -0.2) is 32.1 Å². The van der Waals surface area contributed by atoms with Gasteiger partial charge in [0.15, 0.2) is 11.5 Å². The van der Waals surface area contributed by atoms with Crippen molar-refractivity contribution in [2.75, 3.05) is 19.1 Å². The molecule has 2 aromatic rings. The molecular formula is C20H17ClN2O5. The average Bonchev–Trinajstić information content (AvgIpc) is 2.67. The summed E-state index contributed by atoms with van der Waals surface area (Å²) in [5, 5.41) is 2.64. The molecule has 3 rings (SSSR count).